The Kier molecular flexibility index (Phi) is 3.86. The largest absolute Gasteiger partial charge is 0.495 e. The van der Waals surface area contributed by atoms with Crippen molar-refractivity contribution in [1.29, 1.82) is 0 Å². The highest BCUT2D eigenvalue weighted by atomic mass is 16.5. The van der Waals surface area contributed by atoms with E-state index in [2.05, 4.69) is 17.0 Å². The van der Waals surface area contributed by atoms with Crippen molar-refractivity contribution < 1.29 is 9.53 Å². The zero-order valence-electron chi connectivity index (χ0n) is 11.4. The third-order valence-electron chi connectivity index (χ3n) is 2.92. The summed E-state index contributed by atoms with van der Waals surface area (Å²) in [6.45, 7) is 5.62. The number of amides is 1. The first-order chi connectivity index (χ1) is 9.56. The molecule has 0 aliphatic heterocycles. The molecule has 0 fully saturated rings. The number of aryl methyl sites for hydroxylation is 1. The van der Waals surface area contributed by atoms with Crippen LogP contribution in [0, 0.1) is 6.92 Å². The van der Waals surface area contributed by atoms with Gasteiger partial charge in [-0.1, -0.05) is 12.6 Å². The molecular formula is C14H16N4O2. The second-order valence-corrected chi connectivity index (χ2v) is 4.26. The molecule has 0 saturated carbocycles. The molecule has 0 saturated heterocycles. The number of nitrogens with one attached hydrogen (secondary N) is 1. The minimum absolute atomic E-state index is 0.277. The van der Waals surface area contributed by atoms with E-state index in [-0.39, 0.29) is 5.57 Å². The van der Waals surface area contributed by atoms with Crippen molar-refractivity contribution in [1.82, 2.24) is 15.0 Å². The van der Waals surface area contributed by atoms with Crippen molar-refractivity contribution in [2.45, 2.75) is 6.92 Å². The van der Waals surface area contributed by atoms with Gasteiger partial charge in [0.25, 0.3) is 5.91 Å². The number of carbonyl (C=O) groups is 1. The average Bonchev–Trinajstić information content (AvgIpc) is 2.91. The topological polar surface area (TPSA) is 82.2 Å². The molecule has 0 aliphatic rings. The standard InChI is InChI=1S/C14H16N4O2/c1-9-7-18(8-16-9)12-5-4-11(6-13(12)20-3)10(2)14(19)17-15/h4-8H,2,15H2,1,3H3,(H,17,19). The molecule has 0 aliphatic carbocycles. The van der Waals surface area contributed by atoms with E-state index in [1.54, 1.807) is 25.6 Å². The fourth-order valence-electron chi connectivity index (χ4n) is 1.85. The molecule has 1 amide bonds. The summed E-state index contributed by atoms with van der Waals surface area (Å²) in [6, 6.07) is 5.36. The number of rotatable bonds is 4. The van der Waals surface area contributed by atoms with Crippen LogP contribution in [0.4, 0.5) is 0 Å². The van der Waals surface area contributed by atoms with Crippen molar-refractivity contribution in [3.8, 4) is 11.4 Å². The van der Waals surface area contributed by atoms with Gasteiger partial charge in [0.15, 0.2) is 0 Å². The monoisotopic (exact) mass is 272 g/mol. The number of benzene rings is 1. The summed E-state index contributed by atoms with van der Waals surface area (Å²) in [5.41, 5.74) is 4.71. The summed E-state index contributed by atoms with van der Waals surface area (Å²) in [5.74, 6) is 5.28. The Hall–Kier alpha value is -2.60. The van der Waals surface area contributed by atoms with Crippen molar-refractivity contribution in [3.05, 3.63) is 48.6 Å². The SMILES string of the molecule is C=C(C(=O)NN)c1ccc(-n2cnc(C)c2)c(OC)c1. The normalized spacial score (nSPS) is 10.2. The van der Waals surface area contributed by atoms with Gasteiger partial charge in [-0.25, -0.2) is 10.8 Å². The smallest absolute Gasteiger partial charge is 0.265 e. The lowest BCUT2D eigenvalue weighted by Crippen LogP contribution is -2.30. The summed E-state index contributed by atoms with van der Waals surface area (Å²) in [6.07, 6.45) is 3.59. The van der Waals surface area contributed by atoms with E-state index >= 15 is 0 Å². The molecule has 0 spiro atoms. The number of nitrogens with two attached hydrogens (primary N) is 1. The van der Waals surface area contributed by atoms with E-state index < -0.39 is 5.91 Å². The van der Waals surface area contributed by atoms with Crippen LogP contribution in [0.2, 0.25) is 0 Å². The minimum Gasteiger partial charge on any atom is -0.495 e. The Balaban J connectivity index is 2.43. The van der Waals surface area contributed by atoms with Gasteiger partial charge >= 0.3 is 0 Å². The van der Waals surface area contributed by atoms with Gasteiger partial charge in [-0.2, -0.15) is 0 Å². The molecule has 1 aromatic heterocycles. The predicted molar refractivity (Wildman–Crippen MR) is 76.2 cm³/mol. The molecule has 0 bridgehead atoms. The van der Waals surface area contributed by atoms with Crippen LogP contribution in [0.3, 0.4) is 0 Å². The highest BCUT2D eigenvalue weighted by molar-refractivity contribution is 6.18. The molecule has 2 rings (SSSR count). The lowest BCUT2D eigenvalue weighted by Gasteiger charge is -2.12. The highest BCUT2D eigenvalue weighted by Crippen LogP contribution is 2.27. The second-order valence-electron chi connectivity index (χ2n) is 4.26. The number of ether oxygens (including phenoxy) is 1. The van der Waals surface area contributed by atoms with Gasteiger partial charge in [0.2, 0.25) is 0 Å². The summed E-state index contributed by atoms with van der Waals surface area (Å²) in [7, 11) is 1.57. The van der Waals surface area contributed by atoms with Gasteiger partial charge in [0.1, 0.15) is 5.75 Å². The molecule has 20 heavy (non-hydrogen) atoms. The zero-order valence-corrected chi connectivity index (χ0v) is 11.4. The molecule has 2 aromatic rings. The van der Waals surface area contributed by atoms with Gasteiger partial charge in [-0.3, -0.25) is 10.2 Å². The van der Waals surface area contributed by atoms with Crippen molar-refractivity contribution in [2.24, 2.45) is 5.84 Å². The number of carbonyl (C=O) groups excluding carboxylic acids is 1. The summed E-state index contributed by atoms with van der Waals surface area (Å²) in [5, 5.41) is 0. The van der Waals surface area contributed by atoms with Gasteiger partial charge in [0, 0.05) is 11.8 Å². The van der Waals surface area contributed by atoms with Crippen LogP contribution in [0.15, 0.2) is 37.3 Å². The highest BCUT2D eigenvalue weighted by Gasteiger charge is 2.12. The van der Waals surface area contributed by atoms with Crippen LogP contribution >= 0.6 is 0 Å². The van der Waals surface area contributed by atoms with Crippen LogP contribution in [-0.4, -0.2) is 22.6 Å². The van der Waals surface area contributed by atoms with E-state index in [0.29, 0.717) is 11.3 Å². The Bertz CT molecular complexity index is 661. The molecule has 3 N–H and O–H groups in total. The van der Waals surface area contributed by atoms with Crippen LogP contribution in [0.25, 0.3) is 11.3 Å². The summed E-state index contributed by atoms with van der Waals surface area (Å²) in [4.78, 5) is 15.7. The Morgan fingerprint density at radius 3 is 2.80 bits per heavy atom. The number of nitrogens with zero attached hydrogens (tertiary/aromatic N) is 2. The zero-order chi connectivity index (χ0) is 14.7. The number of hydrogen-bond acceptors (Lipinski definition) is 4. The van der Waals surface area contributed by atoms with E-state index in [9.17, 15) is 4.79 Å². The van der Waals surface area contributed by atoms with E-state index in [0.717, 1.165) is 11.4 Å². The van der Waals surface area contributed by atoms with Gasteiger partial charge in [0.05, 0.1) is 24.8 Å². The minimum atomic E-state index is -0.432. The van der Waals surface area contributed by atoms with E-state index in [1.807, 2.05) is 23.8 Å². The lowest BCUT2D eigenvalue weighted by molar-refractivity contribution is -0.115. The van der Waals surface area contributed by atoms with Crippen LogP contribution < -0.4 is 16.0 Å². The molecule has 6 nitrogen and oxygen atoms in total. The predicted octanol–water partition coefficient (Wildman–Crippen LogP) is 1.19. The van der Waals surface area contributed by atoms with Crippen LogP contribution in [0.5, 0.6) is 5.75 Å². The summed E-state index contributed by atoms with van der Waals surface area (Å²) < 4.78 is 7.21. The number of methoxy groups -OCH3 is 1. The number of hydrogen-bond donors (Lipinski definition) is 2. The maximum atomic E-state index is 11.5. The fourth-order valence-corrected chi connectivity index (χ4v) is 1.85. The number of aromatic nitrogens is 2. The Morgan fingerprint density at radius 1 is 1.50 bits per heavy atom. The molecule has 0 unspecified atom stereocenters. The Labute approximate surface area is 116 Å². The first kappa shape index (κ1) is 13.8. The molecule has 6 heteroatoms. The third kappa shape index (κ3) is 2.55. The van der Waals surface area contributed by atoms with Gasteiger partial charge in [-0.15, -0.1) is 0 Å². The lowest BCUT2D eigenvalue weighted by atomic mass is 10.1. The fraction of sp³-hybridized carbons (Fsp3) is 0.143. The average molecular weight is 272 g/mol. The summed E-state index contributed by atoms with van der Waals surface area (Å²) >= 11 is 0. The van der Waals surface area contributed by atoms with Crippen molar-refractivity contribution in [2.75, 3.05) is 7.11 Å². The van der Waals surface area contributed by atoms with E-state index in [4.69, 9.17) is 10.6 Å². The molecule has 1 aromatic carbocycles. The quantitative estimate of drug-likeness (QED) is 0.379. The first-order valence-corrected chi connectivity index (χ1v) is 5.96. The Morgan fingerprint density at radius 2 is 2.25 bits per heavy atom. The van der Waals surface area contributed by atoms with Gasteiger partial charge in [-0.05, 0) is 24.6 Å². The molecular weight excluding hydrogens is 256 g/mol. The van der Waals surface area contributed by atoms with Crippen LogP contribution in [0.1, 0.15) is 11.3 Å². The maximum absolute atomic E-state index is 11.5. The van der Waals surface area contributed by atoms with E-state index in [1.165, 1.54) is 0 Å². The molecule has 0 atom stereocenters. The number of imidazole rings is 1. The second kappa shape index (κ2) is 5.58. The van der Waals surface area contributed by atoms with Crippen molar-refractivity contribution >= 4 is 11.5 Å². The maximum Gasteiger partial charge on any atom is 0.265 e. The number of hydrazine groups is 1. The first-order valence-electron chi connectivity index (χ1n) is 5.96. The third-order valence-corrected chi connectivity index (χ3v) is 2.92. The van der Waals surface area contributed by atoms with Crippen molar-refractivity contribution in [3.63, 3.8) is 0 Å². The molecule has 1 heterocycles. The van der Waals surface area contributed by atoms with Crippen LogP contribution in [-0.2, 0) is 4.79 Å². The molecule has 0 radical (unpaired) electrons. The molecule has 104 valence electrons. The van der Waals surface area contributed by atoms with Gasteiger partial charge < -0.3 is 9.30 Å².